The Kier molecular flexibility index (Phi) is 3.90. The van der Waals surface area contributed by atoms with Gasteiger partial charge in [-0.15, -0.1) is 0 Å². The fourth-order valence-electron chi connectivity index (χ4n) is 5.04. The summed E-state index contributed by atoms with van der Waals surface area (Å²) in [6.07, 6.45) is 2.11. The first kappa shape index (κ1) is 17.5. The molecule has 3 amide bonds. The average molecular weight is 390 g/mol. The molecule has 4 aliphatic rings. The summed E-state index contributed by atoms with van der Waals surface area (Å²) in [7, 11) is 0. The molecule has 0 spiro atoms. The van der Waals surface area contributed by atoms with E-state index in [1.54, 1.807) is 0 Å². The van der Waals surface area contributed by atoms with E-state index in [0.29, 0.717) is 18.7 Å². The van der Waals surface area contributed by atoms with Crippen molar-refractivity contribution in [2.45, 2.75) is 50.4 Å². The van der Waals surface area contributed by atoms with E-state index in [1.807, 2.05) is 4.90 Å². The molecule has 2 bridgehead atoms. The molecule has 148 valence electrons. The number of hydrogen-bond donors (Lipinski definition) is 2. The van der Waals surface area contributed by atoms with Crippen LogP contribution < -0.4 is 15.5 Å². The van der Waals surface area contributed by atoms with Gasteiger partial charge in [-0.1, -0.05) is 0 Å². The number of piperidine rings is 1. The molecule has 9 heteroatoms. The summed E-state index contributed by atoms with van der Waals surface area (Å²) >= 11 is 0. The molecule has 3 fully saturated rings. The van der Waals surface area contributed by atoms with Crippen LogP contribution in [0.4, 0.5) is 14.5 Å². The molecule has 0 saturated carbocycles. The Morgan fingerprint density at radius 3 is 2.43 bits per heavy atom. The summed E-state index contributed by atoms with van der Waals surface area (Å²) in [6, 6.07) is 0.237. The number of halogens is 2. The van der Waals surface area contributed by atoms with E-state index in [0.717, 1.165) is 18.9 Å². The third-order valence-electron chi connectivity index (χ3n) is 6.34. The number of carbonyl (C=O) groups is 3. The topological polar surface area (TPSA) is 81.8 Å². The first-order valence-corrected chi connectivity index (χ1v) is 9.60. The molecule has 3 saturated heterocycles. The van der Waals surface area contributed by atoms with Crippen molar-refractivity contribution in [3.63, 3.8) is 0 Å². The number of piperazine rings is 1. The number of nitrogens with zero attached hydrogens (tertiary/aromatic N) is 2. The van der Waals surface area contributed by atoms with Crippen molar-refractivity contribution < 1.29 is 23.2 Å². The molecule has 1 aromatic carbocycles. The molecular formula is C19H20F2N4O3. The third kappa shape index (κ3) is 2.45. The van der Waals surface area contributed by atoms with Crippen LogP contribution in [0, 0.1) is 11.6 Å². The zero-order valence-corrected chi connectivity index (χ0v) is 15.1. The second-order valence-corrected chi connectivity index (χ2v) is 7.90. The van der Waals surface area contributed by atoms with Gasteiger partial charge < -0.3 is 15.1 Å². The van der Waals surface area contributed by atoms with Crippen LogP contribution in [-0.2, 0) is 16.1 Å². The van der Waals surface area contributed by atoms with Gasteiger partial charge in [0.15, 0.2) is 11.6 Å². The molecule has 28 heavy (non-hydrogen) atoms. The number of carbonyl (C=O) groups excluding carboxylic acids is 3. The summed E-state index contributed by atoms with van der Waals surface area (Å²) in [5.41, 5.74) is 0.705. The van der Waals surface area contributed by atoms with Crippen LogP contribution in [-0.4, -0.2) is 53.8 Å². The van der Waals surface area contributed by atoms with Gasteiger partial charge in [-0.3, -0.25) is 19.7 Å². The highest BCUT2D eigenvalue weighted by Crippen LogP contribution is 2.42. The summed E-state index contributed by atoms with van der Waals surface area (Å²) in [5.74, 6) is -3.39. The van der Waals surface area contributed by atoms with Gasteiger partial charge in [0.2, 0.25) is 11.8 Å². The lowest BCUT2D eigenvalue weighted by Gasteiger charge is -2.38. The van der Waals surface area contributed by atoms with Crippen molar-refractivity contribution >= 4 is 23.4 Å². The Morgan fingerprint density at radius 1 is 1.04 bits per heavy atom. The van der Waals surface area contributed by atoms with E-state index >= 15 is 0 Å². The monoisotopic (exact) mass is 390 g/mol. The zero-order valence-electron chi connectivity index (χ0n) is 15.1. The lowest BCUT2D eigenvalue weighted by Crippen LogP contribution is -2.53. The molecule has 7 nitrogen and oxygen atoms in total. The molecule has 1 unspecified atom stereocenters. The van der Waals surface area contributed by atoms with E-state index in [9.17, 15) is 23.2 Å². The van der Waals surface area contributed by atoms with Gasteiger partial charge in [-0.25, -0.2) is 8.78 Å². The van der Waals surface area contributed by atoms with Crippen LogP contribution >= 0.6 is 0 Å². The second-order valence-electron chi connectivity index (χ2n) is 7.90. The Balaban J connectivity index is 1.55. The van der Waals surface area contributed by atoms with E-state index in [4.69, 9.17) is 0 Å². The van der Waals surface area contributed by atoms with Gasteiger partial charge in [0.05, 0.1) is 5.69 Å². The maximum absolute atomic E-state index is 14.9. The lowest BCUT2D eigenvalue weighted by molar-refractivity contribution is -0.136. The average Bonchev–Trinajstić information content (AvgIpc) is 3.09. The highest BCUT2D eigenvalue weighted by Gasteiger charge is 2.45. The fourth-order valence-corrected chi connectivity index (χ4v) is 5.04. The van der Waals surface area contributed by atoms with Gasteiger partial charge in [0.25, 0.3) is 5.91 Å². The maximum Gasteiger partial charge on any atom is 0.255 e. The molecule has 0 radical (unpaired) electrons. The summed E-state index contributed by atoms with van der Waals surface area (Å²) < 4.78 is 29.4. The normalized spacial score (nSPS) is 29.4. The largest absolute Gasteiger partial charge is 0.360 e. The Hall–Kier alpha value is -2.55. The van der Waals surface area contributed by atoms with Crippen molar-refractivity contribution in [2.24, 2.45) is 0 Å². The van der Waals surface area contributed by atoms with Crippen LogP contribution in [0.5, 0.6) is 0 Å². The van der Waals surface area contributed by atoms with Gasteiger partial charge in [0, 0.05) is 49.3 Å². The van der Waals surface area contributed by atoms with E-state index < -0.39 is 29.5 Å². The van der Waals surface area contributed by atoms with Gasteiger partial charge in [0.1, 0.15) is 6.04 Å². The first-order valence-electron chi connectivity index (χ1n) is 9.60. The number of rotatable bonds is 2. The second kappa shape index (κ2) is 6.23. The predicted octanol–water partition coefficient (Wildman–Crippen LogP) is 0.666. The van der Waals surface area contributed by atoms with Crippen molar-refractivity contribution in [3.8, 4) is 0 Å². The Labute approximate surface area is 160 Å². The lowest BCUT2D eigenvalue weighted by atomic mass is 10.0. The number of amides is 3. The highest BCUT2D eigenvalue weighted by molar-refractivity contribution is 6.06. The fraction of sp³-hybridized carbons (Fsp3) is 0.526. The minimum absolute atomic E-state index is 0.0380. The van der Waals surface area contributed by atoms with E-state index in [2.05, 4.69) is 10.6 Å². The highest BCUT2D eigenvalue weighted by atomic mass is 19.2. The van der Waals surface area contributed by atoms with Crippen LogP contribution in [0.1, 0.15) is 41.6 Å². The summed E-state index contributed by atoms with van der Waals surface area (Å²) in [4.78, 5) is 39.8. The van der Waals surface area contributed by atoms with Crippen LogP contribution in [0.25, 0.3) is 0 Å². The van der Waals surface area contributed by atoms with Crippen LogP contribution in [0.15, 0.2) is 6.07 Å². The Morgan fingerprint density at radius 2 is 1.75 bits per heavy atom. The quantitative estimate of drug-likeness (QED) is 0.726. The summed E-state index contributed by atoms with van der Waals surface area (Å²) in [6.45, 7) is 1.41. The Bertz CT molecular complexity index is 890. The summed E-state index contributed by atoms with van der Waals surface area (Å²) in [5, 5.41) is 5.55. The number of imide groups is 1. The minimum Gasteiger partial charge on any atom is -0.360 e. The van der Waals surface area contributed by atoms with Crippen molar-refractivity contribution in [2.75, 3.05) is 18.0 Å². The number of benzene rings is 1. The molecule has 3 atom stereocenters. The van der Waals surface area contributed by atoms with Gasteiger partial charge in [-0.2, -0.15) is 0 Å². The first-order chi connectivity index (χ1) is 13.5. The number of nitrogens with one attached hydrogen (secondary N) is 2. The molecular weight excluding hydrogens is 370 g/mol. The molecule has 0 aromatic heterocycles. The van der Waals surface area contributed by atoms with Crippen molar-refractivity contribution in [1.82, 2.24) is 15.5 Å². The number of fused-ring (bicyclic) bond motifs is 3. The van der Waals surface area contributed by atoms with Gasteiger partial charge >= 0.3 is 0 Å². The molecule has 5 rings (SSSR count). The maximum atomic E-state index is 14.9. The zero-order chi connectivity index (χ0) is 19.6. The van der Waals surface area contributed by atoms with E-state index in [1.165, 1.54) is 4.90 Å². The third-order valence-corrected chi connectivity index (χ3v) is 6.34. The standard InChI is InChI=1S/C19H20F2N4O3/c20-13-5-11-12(8-24(19(11)28)14-3-4-15(26)23-18(14)27)17(16(13)21)25-9-1-2-10(25)7-22-6-9/h5,9-10,14,22H,1-4,6-8H2,(H,23,26,27)/t9-,10+,14?. The van der Waals surface area contributed by atoms with Gasteiger partial charge in [-0.05, 0) is 25.3 Å². The predicted molar refractivity (Wildman–Crippen MR) is 94.6 cm³/mol. The molecule has 4 aliphatic heterocycles. The molecule has 1 aromatic rings. The molecule has 4 heterocycles. The van der Waals surface area contributed by atoms with Crippen molar-refractivity contribution in [1.29, 1.82) is 0 Å². The number of hydrogen-bond acceptors (Lipinski definition) is 5. The van der Waals surface area contributed by atoms with Crippen molar-refractivity contribution in [3.05, 3.63) is 28.8 Å². The van der Waals surface area contributed by atoms with Crippen LogP contribution in [0.2, 0.25) is 0 Å². The smallest absolute Gasteiger partial charge is 0.255 e. The minimum atomic E-state index is -1.05. The van der Waals surface area contributed by atoms with E-state index in [-0.39, 0.29) is 48.6 Å². The molecule has 2 N–H and O–H groups in total. The number of anilines is 1. The van der Waals surface area contributed by atoms with Crippen LogP contribution in [0.3, 0.4) is 0 Å². The SMILES string of the molecule is O=C1CCC(N2Cc3c(cc(F)c(F)c3N3[C@@H]4CC[C@H]3CNC4)C2=O)C(=O)N1. The molecule has 0 aliphatic carbocycles.